The second-order valence-electron chi connectivity index (χ2n) is 25.7. The summed E-state index contributed by atoms with van der Waals surface area (Å²) in [4.78, 5) is 65.7. The Balaban J connectivity index is -0.000000617. The van der Waals surface area contributed by atoms with Crippen molar-refractivity contribution < 1.29 is 166 Å². The zero-order valence-corrected chi connectivity index (χ0v) is 64.8. The van der Waals surface area contributed by atoms with E-state index in [0.29, 0.717) is 6.64 Å². The summed E-state index contributed by atoms with van der Waals surface area (Å²) in [6.45, 7) is 11.3. The average Bonchev–Trinajstić information content (AvgIpc) is 1.61. The molecule has 6 heterocycles. The second-order valence-corrected chi connectivity index (χ2v) is 27.3. The molecular weight excluding hydrogens is 1540 g/mol. The first kappa shape index (κ1) is 108. The molecular formula is C58H101MgN12O33P2S2-3. The van der Waals surface area contributed by atoms with Gasteiger partial charge in [-0.15, -0.1) is 18.5 Å². The predicted octanol–water partition coefficient (Wildman–Crippen LogP) is -8.46. The molecule has 0 spiro atoms. The van der Waals surface area contributed by atoms with Crippen LogP contribution in [-0.4, -0.2) is 329 Å². The van der Waals surface area contributed by atoms with Crippen molar-refractivity contribution in [1.29, 1.82) is 0 Å². The minimum Gasteiger partial charge on any atom is -0.547 e. The molecule has 0 radical (unpaired) electrons. The quantitative estimate of drug-likeness (QED) is 0.0101. The van der Waals surface area contributed by atoms with Crippen LogP contribution in [-0.2, 0) is 57.1 Å². The van der Waals surface area contributed by atoms with Crippen LogP contribution in [0.15, 0.2) is 20.5 Å². The molecule has 10 unspecified atom stereocenters. The summed E-state index contributed by atoms with van der Waals surface area (Å²) in [6, 6.07) is -4.73. The molecule has 0 aromatic heterocycles. The summed E-state index contributed by atoms with van der Waals surface area (Å²) in [7, 11) is 4.47. The summed E-state index contributed by atoms with van der Waals surface area (Å²) < 4.78 is 45.1. The number of aliphatic hydroxyl groups is 15. The van der Waals surface area contributed by atoms with Crippen molar-refractivity contribution in [1.82, 2.24) is 0 Å². The van der Waals surface area contributed by atoms with Crippen LogP contribution < -0.4 is 25.5 Å². The molecule has 50 heteroatoms. The molecule has 6 fully saturated rings. The van der Waals surface area contributed by atoms with Crippen molar-refractivity contribution in [3.63, 3.8) is 0 Å². The maximum Gasteiger partial charge on any atom is 2.00 e. The van der Waals surface area contributed by atoms with Crippen molar-refractivity contribution in [2.24, 2.45) is 56.0 Å². The van der Waals surface area contributed by atoms with Gasteiger partial charge in [-0.1, -0.05) is 76.1 Å². The molecule has 108 heavy (non-hydrogen) atoms. The molecule has 0 aromatic rings. The fourth-order valence-corrected chi connectivity index (χ4v) is 11.8. The first-order valence-electron chi connectivity index (χ1n) is 32.5. The minimum absolute atomic E-state index is 0. The molecule has 17 N–H and O–H groups in total. The van der Waals surface area contributed by atoms with Crippen molar-refractivity contribution in [2.45, 2.75) is 252 Å². The molecule has 6 saturated heterocycles. The van der Waals surface area contributed by atoms with Gasteiger partial charge in [0.15, 0.2) is 0 Å². The largest absolute Gasteiger partial charge is 2.00 e. The fraction of sp³-hybridized carbons (Fsp3) is 0.897. The maximum absolute atomic E-state index is 11.5. The number of fused-ring (bicyclic) bond motifs is 2. The van der Waals surface area contributed by atoms with Crippen LogP contribution in [0.4, 0.5) is 0 Å². The van der Waals surface area contributed by atoms with Crippen LogP contribution in [0.25, 0.3) is 41.8 Å². The number of carbonyl (C=O) groups is 5. The van der Waals surface area contributed by atoms with Gasteiger partial charge in [-0.25, -0.2) is 0 Å². The van der Waals surface area contributed by atoms with Crippen LogP contribution in [0, 0.1) is 35.5 Å². The van der Waals surface area contributed by atoms with Gasteiger partial charge in [-0.2, -0.15) is 0 Å². The number of aliphatic hydroxyl groups excluding tert-OH is 14. The molecule has 33 atom stereocenters. The Morgan fingerprint density at radius 2 is 0.870 bits per heavy atom. The van der Waals surface area contributed by atoms with E-state index in [1.807, 2.05) is 4.31 Å². The number of rotatable bonds is 25. The standard InChI is InChI=1S/C12H22N3O7P.C12H22O6.C11H19N3O6.C10H17N3O7.C10H15N3O6.CH5P.CS2.CH4.Mg.H2O/c1-5-8(17)3-12(11(19)20,21-6(2)23)22-10(5)9(18)7(4-16)14-15-13;1-6(5-13)9(15)10-7(2)8(14)4-12(3,18-10)11(16)17;1-5-7(16)3-11(2,10(18)19)20-9(5)8(17)6(4-15)13-14-12;1-4-6(15)2-10(19,9(17)18)20-8(4)7(16)5(3-14)12-13-11;1-4-6(15)2-10(9(16)17)18-7(4)8(19-10)5(3-14)12-13-11;1-2;2-1-3;;;/h5-10,16-18H,3-4,23H2,1-2H3,(H,19,20);6-10,13-15H,4-5H2,1-3H3,(H,16,17);5-9,15-17H,3-4H2,1-2H3,(H,18,19);4-8,14-16,19H,2-3H2,1H3,(H,17,18);4-8,14-15H,2-3H2,1H3,(H,16,17);2H2,1H3;;1H4;;1H2/q;;;;;;;;+2;/p-5/t5-,6?,7-,8-,9-,10?,12+;6-,7-,8-,9-,10?,12-;5-,6-,7-,8-,9?,11-;4-,5-,6-,7-,8?,10?;4-,5-,6-,7?,8?,10+;;;;;/m11111...../s1/i;;;;;1T;;;;. The fourth-order valence-electron chi connectivity index (χ4n) is 11.6. The van der Waals surface area contributed by atoms with Crippen LogP contribution >= 0.6 is 42.9 Å². The molecule has 6 rings (SSSR count). The zero-order valence-electron chi connectivity index (χ0n) is 60.5. The summed E-state index contributed by atoms with van der Waals surface area (Å²) >= 11 is 7.92. The number of thiocarbonyl (C=S) groups is 2. The van der Waals surface area contributed by atoms with Gasteiger partial charge in [0, 0.05) is 99.6 Å². The number of hydrogen-bond acceptors (Lipinski definition) is 38. The normalized spacial score (nSPS) is 35.5. The van der Waals surface area contributed by atoms with E-state index in [0.717, 1.165) is 0 Å². The van der Waals surface area contributed by atoms with Gasteiger partial charge in [-0.3, -0.25) is 0 Å². The number of carboxylic acid groups (broad SMARTS) is 5. The van der Waals surface area contributed by atoms with Gasteiger partial charge in [-0.05, 0) is 67.3 Å². The van der Waals surface area contributed by atoms with Crippen molar-refractivity contribution in [3.05, 3.63) is 41.8 Å². The molecule has 45 nitrogen and oxygen atoms in total. The summed E-state index contributed by atoms with van der Waals surface area (Å²) in [5.41, 5.74) is 30.2. The number of carboxylic acids is 5. The molecule has 6 aliphatic rings. The third-order valence-corrected chi connectivity index (χ3v) is 18.3. The van der Waals surface area contributed by atoms with Gasteiger partial charge >= 0.3 is 23.1 Å². The van der Waals surface area contributed by atoms with E-state index in [4.69, 9.17) is 72.0 Å². The van der Waals surface area contributed by atoms with Crippen molar-refractivity contribution in [3.8, 4) is 0 Å². The zero-order chi connectivity index (χ0) is 82.5. The molecule has 0 saturated carbocycles. The number of ether oxygens (including phenoxy) is 7. The smallest absolute Gasteiger partial charge is 0.547 e. The topological polar surface area (TPSA) is 795 Å². The average molecular weight is 1650 g/mol. The Morgan fingerprint density at radius 1 is 0.537 bits per heavy atom. The number of nitrogens with zero attached hydrogens (tertiary/aromatic N) is 12. The van der Waals surface area contributed by atoms with Gasteiger partial charge in [0.25, 0.3) is 0 Å². The first-order chi connectivity index (χ1) is 49.2. The van der Waals surface area contributed by atoms with Gasteiger partial charge in [0.05, 0.1) is 160 Å². The van der Waals surface area contributed by atoms with Gasteiger partial charge in [0.1, 0.15) is 29.1 Å². The minimum atomic E-state index is -2.76. The Bertz CT molecular complexity index is 2990. The molecule has 0 aliphatic carbocycles. The number of carbonyl (C=O) groups excluding carboxylic acids is 5. The Morgan fingerprint density at radius 3 is 1.18 bits per heavy atom. The van der Waals surface area contributed by atoms with E-state index in [1.165, 1.54) is 27.7 Å². The third-order valence-electron chi connectivity index (χ3n) is 18.2. The van der Waals surface area contributed by atoms with Crippen molar-refractivity contribution in [2.75, 3.05) is 39.7 Å². The monoisotopic (exact) mass is 1650 g/mol. The molecule has 0 amide bonds. The molecule has 6 aliphatic heterocycles. The van der Waals surface area contributed by atoms with Crippen LogP contribution in [0.2, 0.25) is 0 Å². The summed E-state index contributed by atoms with van der Waals surface area (Å²) in [5, 5.41) is 214. The van der Waals surface area contributed by atoms with E-state index >= 15 is 0 Å². The van der Waals surface area contributed by atoms with Crippen LogP contribution in [0.1, 0.15) is 103 Å². The number of azide groups is 4. The summed E-state index contributed by atoms with van der Waals surface area (Å²) in [5.74, 6) is -19.2. The van der Waals surface area contributed by atoms with Gasteiger partial charge in [0.2, 0.25) is 17.4 Å². The number of hydrogen-bond donors (Lipinski definition) is 15. The van der Waals surface area contributed by atoms with E-state index < -0.39 is 248 Å². The second kappa shape index (κ2) is 50.6. The molecule has 618 valence electrons. The Hall–Kier alpha value is -4.48. The van der Waals surface area contributed by atoms with Crippen molar-refractivity contribution >= 4 is 100 Å². The third kappa shape index (κ3) is 29.2. The Kier molecular flexibility index (Phi) is 50.4. The summed E-state index contributed by atoms with van der Waals surface area (Å²) in [6.07, 6.45) is -18.8. The SMILES string of the molecule is C.CC(P)O[C@@]1(C(=O)[O-])C[C@@H](O)[C@@H](C)C([C@H](O)[C@@H](CO)N=[N+]=[N-])O1.C[C@H](CO)[C@@H](O)C1O[C@@](C)(C(=O)[O-])C[C@@H](O)[C@H]1C.C[C@H]1C([C@H](O)[C@@H](CO)N=[N+]=[N-])OC(O)(C(=O)[O-])C[C@H]1O.C[C@H]1C([C@H](O)[C@@H](CO)N=[N+]=[N-])O[C@@](C)(C(=O)[O-])C[C@H]1O.C[C@H]1C2O[C@@](C(=O)[O-])(C[C@H]1O)OC2[C@@H](CO)N=[N+]=[N-].O.S=C=S.[3H]CP.[Mg+2]. The first-order valence-corrected chi connectivity index (χ1v) is 34.1. The van der Waals surface area contributed by atoms with Crippen LogP contribution in [0.3, 0.4) is 0 Å². The van der Waals surface area contributed by atoms with E-state index in [2.05, 4.69) is 83.0 Å². The van der Waals surface area contributed by atoms with E-state index in [9.17, 15) is 111 Å². The molecule has 0 aromatic carbocycles. The predicted molar refractivity (Wildman–Crippen MR) is 373 cm³/mol. The van der Waals surface area contributed by atoms with Crippen LogP contribution in [0.5, 0.6) is 0 Å². The Labute approximate surface area is 652 Å². The number of aliphatic carboxylic acids is 5. The van der Waals surface area contributed by atoms with Gasteiger partial charge < -0.3 is 165 Å². The maximum atomic E-state index is 11.5. The van der Waals surface area contributed by atoms with E-state index in [-0.39, 0.29) is 68.2 Å². The van der Waals surface area contributed by atoms with E-state index in [1.54, 1.807) is 34.6 Å². The molecule has 2 bridgehead atoms.